The van der Waals surface area contributed by atoms with Crippen LogP contribution in [0.3, 0.4) is 0 Å². The van der Waals surface area contributed by atoms with Crippen molar-refractivity contribution in [1.82, 2.24) is 13.8 Å². The van der Waals surface area contributed by atoms with E-state index in [-0.39, 0.29) is 10.9 Å². The Morgan fingerprint density at radius 1 is 1.28 bits per heavy atom. The van der Waals surface area contributed by atoms with Crippen LogP contribution in [0, 0.1) is 4.84 Å². The van der Waals surface area contributed by atoms with Crippen molar-refractivity contribution in [3.8, 4) is 0 Å². The van der Waals surface area contributed by atoms with Gasteiger partial charge < -0.3 is 9.15 Å². The molecule has 0 saturated carbocycles. The molecule has 3 aromatic rings. The van der Waals surface area contributed by atoms with E-state index in [1.54, 1.807) is 29.5 Å². The van der Waals surface area contributed by atoms with E-state index in [1.807, 2.05) is 17.7 Å². The van der Waals surface area contributed by atoms with Gasteiger partial charge in [-0.05, 0) is 55.8 Å². The number of rotatable bonds is 6. The Hall–Kier alpha value is -1.56. The average Bonchev–Trinajstić information content (AvgIpc) is 3.36. The van der Waals surface area contributed by atoms with E-state index >= 15 is 0 Å². The fraction of sp³-hybridized carbons (Fsp3) is 0.421. The smallest absolute Gasteiger partial charge is 0.270 e. The Kier molecular flexibility index (Phi) is 5.92. The zero-order valence-electron chi connectivity index (χ0n) is 16.3. The van der Waals surface area contributed by atoms with Gasteiger partial charge in [-0.3, -0.25) is 9.47 Å². The summed E-state index contributed by atoms with van der Waals surface area (Å²) in [5.41, 5.74) is 1.25. The zero-order chi connectivity index (χ0) is 20.6. The average molecular weight is 454 g/mol. The van der Waals surface area contributed by atoms with Gasteiger partial charge >= 0.3 is 0 Å². The van der Waals surface area contributed by atoms with Gasteiger partial charge in [-0.25, -0.2) is 8.42 Å². The minimum atomic E-state index is -3.59. The predicted octanol–water partition coefficient (Wildman–Crippen LogP) is 3.70. The molecule has 1 saturated heterocycles. The molecule has 7 nitrogen and oxygen atoms in total. The van der Waals surface area contributed by atoms with Crippen LogP contribution < -0.4 is 0 Å². The Labute approximate surface area is 179 Å². The predicted molar refractivity (Wildman–Crippen MR) is 115 cm³/mol. The second kappa shape index (κ2) is 8.29. The number of ether oxygens (including phenoxy) is 1. The molecule has 0 bridgehead atoms. The third-order valence-corrected chi connectivity index (χ3v) is 8.47. The van der Waals surface area contributed by atoms with Crippen molar-refractivity contribution in [2.24, 2.45) is 0 Å². The monoisotopic (exact) mass is 453 g/mol. The molecule has 156 valence electrons. The van der Waals surface area contributed by atoms with Crippen LogP contribution in [0.2, 0.25) is 0 Å². The summed E-state index contributed by atoms with van der Waals surface area (Å²) in [6.45, 7) is 4.17. The largest absolute Gasteiger partial charge is 0.429 e. The summed E-state index contributed by atoms with van der Waals surface area (Å²) in [5, 5.41) is 2.06. The maximum Gasteiger partial charge on any atom is 0.270 e. The van der Waals surface area contributed by atoms with E-state index in [1.165, 1.54) is 9.18 Å². The van der Waals surface area contributed by atoms with E-state index < -0.39 is 10.0 Å². The van der Waals surface area contributed by atoms with Gasteiger partial charge in [0.15, 0.2) is 5.58 Å². The number of sulfonamides is 1. The molecule has 1 aromatic carbocycles. The van der Waals surface area contributed by atoms with Gasteiger partial charge in [0.1, 0.15) is 0 Å². The maximum absolute atomic E-state index is 13.0. The highest BCUT2D eigenvalue weighted by atomic mass is 32.2. The van der Waals surface area contributed by atoms with E-state index in [0.717, 1.165) is 0 Å². The van der Waals surface area contributed by atoms with E-state index in [2.05, 4.69) is 23.3 Å². The van der Waals surface area contributed by atoms with E-state index in [9.17, 15) is 8.42 Å². The first-order valence-electron chi connectivity index (χ1n) is 9.33. The Balaban J connectivity index is 1.67. The quantitative estimate of drug-likeness (QED) is 0.530. The Bertz CT molecular complexity index is 1150. The molecule has 1 fully saturated rings. The molecule has 0 radical (unpaired) electrons. The van der Waals surface area contributed by atoms with Gasteiger partial charge in [0, 0.05) is 24.0 Å². The highest BCUT2D eigenvalue weighted by molar-refractivity contribution is 7.89. The van der Waals surface area contributed by atoms with Crippen LogP contribution in [-0.4, -0.2) is 55.5 Å². The number of oxazole rings is 1. The van der Waals surface area contributed by atoms with Gasteiger partial charge in [0.2, 0.25) is 10.0 Å². The highest BCUT2D eigenvalue weighted by Gasteiger charge is 2.27. The van der Waals surface area contributed by atoms with Crippen LogP contribution in [0.4, 0.5) is 0 Å². The zero-order valence-corrected chi connectivity index (χ0v) is 18.7. The first-order valence-corrected chi connectivity index (χ1v) is 12.1. The lowest BCUT2D eigenvalue weighted by molar-refractivity contribution is 0.0730. The lowest BCUT2D eigenvalue weighted by Gasteiger charge is -2.26. The fourth-order valence-corrected chi connectivity index (χ4v) is 5.89. The summed E-state index contributed by atoms with van der Waals surface area (Å²) >= 11 is 7.12. The molecule has 1 aliphatic rings. The van der Waals surface area contributed by atoms with Gasteiger partial charge in [-0.2, -0.15) is 4.31 Å². The molecule has 0 spiro atoms. The number of aromatic nitrogens is 1. The molecule has 0 amide bonds. The summed E-state index contributed by atoms with van der Waals surface area (Å²) < 4.78 is 40.3. The molecule has 1 unspecified atom stereocenters. The van der Waals surface area contributed by atoms with Crippen molar-refractivity contribution in [1.29, 1.82) is 0 Å². The third kappa shape index (κ3) is 4.05. The van der Waals surface area contributed by atoms with Gasteiger partial charge in [-0.1, -0.05) is 6.07 Å². The normalized spacial score (nSPS) is 17.2. The number of benzene rings is 1. The lowest BCUT2D eigenvalue weighted by Crippen LogP contribution is -2.40. The maximum atomic E-state index is 13.0. The first-order chi connectivity index (χ1) is 13.9. The van der Waals surface area contributed by atoms with Crippen molar-refractivity contribution in [2.75, 3.05) is 33.4 Å². The minimum Gasteiger partial charge on any atom is -0.429 e. The second-order valence-electron chi connectivity index (χ2n) is 7.03. The van der Waals surface area contributed by atoms with Crippen molar-refractivity contribution < 1.29 is 17.6 Å². The van der Waals surface area contributed by atoms with Gasteiger partial charge in [-0.15, -0.1) is 11.3 Å². The van der Waals surface area contributed by atoms with Crippen molar-refractivity contribution in [3.63, 3.8) is 0 Å². The fourth-order valence-electron chi connectivity index (χ4n) is 3.36. The molecule has 1 atom stereocenters. The lowest BCUT2D eigenvalue weighted by atomic mass is 10.2. The summed E-state index contributed by atoms with van der Waals surface area (Å²) in [5.74, 6) is 0. The summed E-state index contributed by atoms with van der Waals surface area (Å²) in [6.07, 6.45) is 0. The molecule has 0 N–H and O–H groups in total. The van der Waals surface area contributed by atoms with Crippen molar-refractivity contribution in [2.45, 2.75) is 24.5 Å². The van der Waals surface area contributed by atoms with Crippen LogP contribution >= 0.6 is 23.6 Å². The molecule has 29 heavy (non-hydrogen) atoms. The highest BCUT2D eigenvalue weighted by Crippen LogP contribution is 2.27. The molecule has 1 aliphatic heterocycles. The standard InChI is InChI=1S/C19H23N3O4S3/c1-14(18-4-3-11-28-18)20(2)13-22-16-12-15(5-6-17(16)26-19(22)27)29(23,24)21-7-9-25-10-8-21/h3-6,11-12,14H,7-10,13H2,1-2H3. The molecule has 0 aliphatic carbocycles. The van der Waals surface area contributed by atoms with Crippen LogP contribution in [0.25, 0.3) is 11.1 Å². The number of morpholine rings is 1. The van der Waals surface area contributed by atoms with Crippen molar-refractivity contribution in [3.05, 3.63) is 45.4 Å². The summed E-state index contributed by atoms with van der Waals surface area (Å²) in [4.78, 5) is 3.97. The Morgan fingerprint density at radius 3 is 2.72 bits per heavy atom. The van der Waals surface area contributed by atoms with Gasteiger partial charge in [0.25, 0.3) is 4.84 Å². The van der Waals surface area contributed by atoms with Crippen molar-refractivity contribution >= 4 is 44.7 Å². The van der Waals surface area contributed by atoms with Gasteiger partial charge in [0.05, 0.1) is 30.3 Å². The topological polar surface area (TPSA) is 67.9 Å². The summed E-state index contributed by atoms with van der Waals surface area (Å²) in [6, 6.07) is 9.24. The number of fused-ring (bicyclic) bond motifs is 1. The Morgan fingerprint density at radius 2 is 2.03 bits per heavy atom. The number of hydrogen-bond acceptors (Lipinski definition) is 7. The molecular formula is C19H23N3O4S3. The molecular weight excluding hydrogens is 430 g/mol. The number of thiophene rings is 1. The minimum absolute atomic E-state index is 0.196. The molecule has 10 heteroatoms. The van der Waals surface area contributed by atoms with E-state index in [4.69, 9.17) is 21.4 Å². The first kappa shape index (κ1) is 20.7. The second-order valence-corrected chi connectivity index (χ2v) is 10.3. The van der Waals surface area contributed by atoms with Crippen LogP contribution in [0.5, 0.6) is 0 Å². The SMILES string of the molecule is CC(c1cccs1)N(C)Cn1c(=S)oc2ccc(S(=O)(=O)N3CCOCC3)cc21. The number of hydrogen-bond donors (Lipinski definition) is 0. The third-order valence-electron chi connectivity index (χ3n) is 5.23. The van der Waals surface area contributed by atoms with Crippen LogP contribution in [0.15, 0.2) is 45.0 Å². The van der Waals surface area contributed by atoms with E-state index in [0.29, 0.717) is 48.9 Å². The summed E-state index contributed by atoms with van der Waals surface area (Å²) in [7, 11) is -1.58. The molecule has 4 rings (SSSR count). The number of nitrogens with zero attached hydrogens (tertiary/aromatic N) is 3. The molecule has 3 heterocycles. The van der Waals surface area contributed by atoms with Crippen LogP contribution in [-0.2, 0) is 21.4 Å². The van der Waals surface area contributed by atoms with Crippen LogP contribution in [0.1, 0.15) is 17.8 Å². The molecule has 2 aromatic heterocycles.